The summed E-state index contributed by atoms with van der Waals surface area (Å²) >= 11 is 17.6. The van der Waals surface area contributed by atoms with Gasteiger partial charge in [0, 0.05) is 11.2 Å². The average Bonchev–Trinajstić information content (AvgIpc) is 2.44. The number of benzene rings is 1. The number of nitrogens with zero attached hydrogens (tertiary/aromatic N) is 1. The number of carbonyl (C=O) groups is 2. The van der Waals surface area contributed by atoms with E-state index in [4.69, 9.17) is 34.8 Å². The first-order valence-corrected chi connectivity index (χ1v) is 6.77. The van der Waals surface area contributed by atoms with E-state index in [1.807, 2.05) is 0 Å². The Labute approximate surface area is 135 Å². The Bertz CT molecular complexity index is 690. The van der Waals surface area contributed by atoms with E-state index < -0.39 is 5.91 Å². The molecule has 8 heteroatoms. The van der Waals surface area contributed by atoms with Crippen LogP contribution in [-0.4, -0.2) is 17.3 Å². The molecule has 0 spiro atoms. The van der Waals surface area contributed by atoms with Crippen LogP contribution in [0.5, 0.6) is 0 Å². The van der Waals surface area contributed by atoms with Crippen LogP contribution in [0.25, 0.3) is 0 Å². The van der Waals surface area contributed by atoms with Gasteiger partial charge in [-0.1, -0.05) is 34.8 Å². The molecular formula is C13H8Cl3N3O2. The summed E-state index contributed by atoms with van der Waals surface area (Å²) in [4.78, 5) is 26.8. The molecule has 0 unspecified atom stereocenters. The maximum atomic E-state index is 12.2. The smallest absolute Gasteiger partial charge is 0.259 e. The van der Waals surface area contributed by atoms with Gasteiger partial charge in [0.15, 0.2) is 0 Å². The summed E-state index contributed by atoms with van der Waals surface area (Å²) in [5.74, 6) is -0.212. The standard InChI is InChI=1S/C13H8Cl3N3O2/c14-7-1-2-11(17-5-7)19-13(21)9-3-8(15)4-10(16)12(9)18-6-20/h1-6H,(H,18,20)(H,17,19,21). The quantitative estimate of drug-likeness (QED) is 0.827. The molecule has 5 nitrogen and oxygen atoms in total. The van der Waals surface area contributed by atoms with Crippen LogP contribution < -0.4 is 10.6 Å². The zero-order chi connectivity index (χ0) is 15.4. The highest BCUT2D eigenvalue weighted by Gasteiger charge is 2.16. The van der Waals surface area contributed by atoms with Crippen LogP contribution in [0.4, 0.5) is 11.5 Å². The van der Waals surface area contributed by atoms with E-state index in [-0.39, 0.29) is 21.3 Å². The van der Waals surface area contributed by atoms with Crippen LogP contribution in [0.2, 0.25) is 15.1 Å². The minimum absolute atomic E-state index is 0.122. The van der Waals surface area contributed by atoms with Crippen LogP contribution >= 0.6 is 34.8 Å². The molecule has 0 aliphatic rings. The monoisotopic (exact) mass is 343 g/mol. The molecule has 21 heavy (non-hydrogen) atoms. The number of nitrogens with one attached hydrogen (secondary N) is 2. The van der Waals surface area contributed by atoms with Crippen LogP contribution in [0.3, 0.4) is 0 Å². The van der Waals surface area contributed by atoms with Crippen LogP contribution in [0.15, 0.2) is 30.5 Å². The molecule has 2 rings (SSSR count). The second-order valence-corrected chi connectivity index (χ2v) is 5.17. The molecule has 0 radical (unpaired) electrons. The third-order valence-electron chi connectivity index (χ3n) is 2.47. The lowest BCUT2D eigenvalue weighted by molar-refractivity contribution is -0.105. The molecule has 0 bridgehead atoms. The Balaban J connectivity index is 2.33. The van der Waals surface area contributed by atoms with Gasteiger partial charge in [-0.15, -0.1) is 0 Å². The molecule has 0 fully saturated rings. The number of anilines is 2. The van der Waals surface area contributed by atoms with Crippen LogP contribution in [-0.2, 0) is 4.79 Å². The molecule has 0 saturated heterocycles. The van der Waals surface area contributed by atoms with Crippen molar-refractivity contribution in [1.82, 2.24) is 4.98 Å². The molecular weight excluding hydrogens is 337 g/mol. The first-order chi connectivity index (χ1) is 10.0. The highest BCUT2D eigenvalue weighted by molar-refractivity contribution is 6.38. The van der Waals surface area contributed by atoms with Crippen molar-refractivity contribution >= 4 is 58.6 Å². The largest absolute Gasteiger partial charge is 0.327 e. The van der Waals surface area contributed by atoms with Crippen molar-refractivity contribution in [1.29, 1.82) is 0 Å². The lowest BCUT2D eigenvalue weighted by atomic mass is 10.1. The van der Waals surface area contributed by atoms with E-state index in [0.717, 1.165) is 0 Å². The first-order valence-electron chi connectivity index (χ1n) is 5.63. The summed E-state index contributed by atoms with van der Waals surface area (Å²) in [6.07, 6.45) is 1.82. The van der Waals surface area contributed by atoms with Crippen molar-refractivity contribution in [3.05, 3.63) is 51.1 Å². The predicted molar refractivity (Wildman–Crippen MR) is 83.3 cm³/mol. The van der Waals surface area contributed by atoms with Gasteiger partial charge in [-0.05, 0) is 24.3 Å². The molecule has 2 amide bonds. The van der Waals surface area contributed by atoms with Gasteiger partial charge in [0.2, 0.25) is 6.41 Å². The fourth-order valence-corrected chi connectivity index (χ4v) is 2.25. The summed E-state index contributed by atoms with van der Waals surface area (Å²) in [7, 11) is 0. The molecule has 0 atom stereocenters. The van der Waals surface area contributed by atoms with E-state index in [0.29, 0.717) is 17.3 Å². The molecule has 1 heterocycles. The number of halogens is 3. The second-order valence-electron chi connectivity index (χ2n) is 3.89. The maximum absolute atomic E-state index is 12.2. The normalized spacial score (nSPS) is 10.0. The summed E-state index contributed by atoms with van der Waals surface area (Å²) in [6, 6.07) is 5.94. The third-order valence-corrected chi connectivity index (χ3v) is 3.21. The van der Waals surface area contributed by atoms with Gasteiger partial charge in [0.1, 0.15) is 5.82 Å². The van der Waals surface area contributed by atoms with Crippen LogP contribution in [0, 0.1) is 0 Å². The molecule has 2 N–H and O–H groups in total. The van der Waals surface area contributed by atoms with Crippen molar-refractivity contribution in [2.45, 2.75) is 0 Å². The van der Waals surface area contributed by atoms with Gasteiger partial charge in [-0.3, -0.25) is 9.59 Å². The van der Waals surface area contributed by atoms with Gasteiger partial charge < -0.3 is 10.6 Å². The molecule has 108 valence electrons. The number of carbonyl (C=O) groups excluding carboxylic acids is 2. The topological polar surface area (TPSA) is 71.1 Å². The minimum Gasteiger partial charge on any atom is -0.327 e. The van der Waals surface area contributed by atoms with Crippen LogP contribution in [0.1, 0.15) is 10.4 Å². The van der Waals surface area contributed by atoms with Crippen molar-refractivity contribution in [3.8, 4) is 0 Å². The summed E-state index contributed by atoms with van der Waals surface area (Å²) < 4.78 is 0. The predicted octanol–water partition coefficient (Wildman–Crippen LogP) is 3.86. The number of hydrogen-bond donors (Lipinski definition) is 2. The van der Waals surface area contributed by atoms with Crippen molar-refractivity contribution < 1.29 is 9.59 Å². The van der Waals surface area contributed by atoms with Gasteiger partial charge in [-0.2, -0.15) is 0 Å². The molecule has 0 aliphatic heterocycles. The van der Waals surface area contributed by atoms with E-state index >= 15 is 0 Å². The highest BCUT2D eigenvalue weighted by Crippen LogP contribution is 2.30. The minimum atomic E-state index is -0.515. The summed E-state index contributed by atoms with van der Waals surface area (Å²) in [5, 5.41) is 5.80. The Kier molecular flexibility index (Phi) is 5.01. The molecule has 0 aliphatic carbocycles. The lowest BCUT2D eigenvalue weighted by Crippen LogP contribution is -2.15. The van der Waals surface area contributed by atoms with E-state index in [2.05, 4.69) is 15.6 Å². The van der Waals surface area contributed by atoms with Gasteiger partial charge >= 0.3 is 0 Å². The Morgan fingerprint density at radius 3 is 2.52 bits per heavy atom. The number of amides is 2. The third kappa shape index (κ3) is 3.85. The fourth-order valence-electron chi connectivity index (χ4n) is 1.59. The average molecular weight is 345 g/mol. The van der Waals surface area contributed by atoms with Gasteiger partial charge in [-0.25, -0.2) is 4.98 Å². The first kappa shape index (κ1) is 15.6. The highest BCUT2D eigenvalue weighted by atomic mass is 35.5. The number of aromatic nitrogens is 1. The molecule has 2 aromatic rings. The number of rotatable bonds is 4. The van der Waals surface area contributed by atoms with E-state index in [1.165, 1.54) is 18.3 Å². The Morgan fingerprint density at radius 1 is 1.14 bits per heavy atom. The van der Waals surface area contributed by atoms with Gasteiger partial charge in [0.05, 0.1) is 21.3 Å². The zero-order valence-corrected chi connectivity index (χ0v) is 12.6. The molecule has 1 aromatic heterocycles. The Hall–Kier alpha value is -1.82. The lowest BCUT2D eigenvalue weighted by Gasteiger charge is -2.11. The SMILES string of the molecule is O=CNc1c(Cl)cc(Cl)cc1C(=O)Nc1ccc(Cl)cn1. The Morgan fingerprint density at radius 2 is 1.90 bits per heavy atom. The number of hydrogen-bond acceptors (Lipinski definition) is 3. The van der Waals surface area contributed by atoms with Crippen molar-refractivity contribution in [2.24, 2.45) is 0 Å². The van der Waals surface area contributed by atoms with E-state index in [9.17, 15) is 9.59 Å². The van der Waals surface area contributed by atoms with Crippen molar-refractivity contribution in [3.63, 3.8) is 0 Å². The van der Waals surface area contributed by atoms with Crippen molar-refractivity contribution in [2.75, 3.05) is 10.6 Å². The maximum Gasteiger partial charge on any atom is 0.259 e. The van der Waals surface area contributed by atoms with Gasteiger partial charge in [0.25, 0.3) is 5.91 Å². The second kappa shape index (κ2) is 6.76. The summed E-state index contributed by atoms with van der Waals surface area (Å²) in [5.41, 5.74) is 0.291. The molecule has 0 saturated carbocycles. The number of pyridine rings is 1. The molecule has 1 aromatic carbocycles. The summed E-state index contributed by atoms with van der Waals surface area (Å²) in [6.45, 7) is 0. The van der Waals surface area contributed by atoms with E-state index in [1.54, 1.807) is 12.1 Å². The fraction of sp³-hybridized carbons (Fsp3) is 0. The zero-order valence-electron chi connectivity index (χ0n) is 10.4.